The van der Waals surface area contributed by atoms with Crippen LogP contribution >= 0.6 is 0 Å². The van der Waals surface area contributed by atoms with E-state index in [-0.39, 0.29) is 6.42 Å². The first kappa shape index (κ1) is 24.3. The molecule has 0 radical (unpaired) electrons. The average molecular weight is 367 g/mol. The van der Waals surface area contributed by atoms with Crippen LogP contribution in [0.1, 0.15) is 58.3 Å². The lowest BCUT2D eigenvalue weighted by Gasteiger charge is -2.18. The Kier molecular flexibility index (Phi) is 16.9. The molecule has 148 valence electrons. The smallest absolute Gasteiger partial charge is 0.140 e. The minimum Gasteiger partial charge on any atom is -0.550 e. The molecule has 0 aromatic heterocycles. The molecule has 6 heteroatoms. The fourth-order valence-corrected chi connectivity index (χ4v) is 2.22. The SMILES string of the molecule is CCCCC[C@H](OO)[C@@H](/C=C/C=C/C=C\C/C=C\CCCC(=O)[O-])OO. The molecule has 0 rings (SSSR count). The number of carbonyl (C=O) groups excluding carboxylic acids is 1. The fourth-order valence-electron chi connectivity index (χ4n) is 2.22. The van der Waals surface area contributed by atoms with Gasteiger partial charge in [-0.2, -0.15) is 0 Å². The van der Waals surface area contributed by atoms with Crippen molar-refractivity contribution in [2.45, 2.75) is 70.5 Å². The molecular formula is C20H31O6-. The third-order valence-corrected chi connectivity index (χ3v) is 3.68. The number of rotatable bonds is 16. The van der Waals surface area contributed by atoms with E-state index >= 15 is 0 Å². The maximum Gasteiger partial charge on any atom is 0.140 e. The van der Waals surface area contributed by atoms with Gasteiger partial charge in [0, 0.05) is 5.97 Å². The number of hydrogen-bond acceptors (Lipinski definition) is 6. The third kappa shape index (κ3) is 14.6. The van der Waals surface area contributed by atoms with Crippen molar-refractivity contribution in [2.24, 2.45) is 0 Å². The highest BCUT2D eigenvalue weighted by Crippen LogP contribution is 2.13. The van der Waals surface area contributed by atoms with E-state index in [1.54, 1.807) is 18.2 Å². The van der Waals surface area contributed by atoms with Gasteiger partial charge in [0.15, 0.2) is 0 Å². The lowest BCUT2D eigenvalue weighted by molar-refractivity contribution is -0.345. The molecule has 2 N–H and O–H groups in total. The monoisotopic (exact) mass is 367 g/mol. The summed E-state index contributed by atoms with van der Waals surface area (Å²) in [5.41, 5.74) is 0. The number of unbranched alkanes of at least 4 members (excludes halogenated alkanes) is 3. The predicted octanol–water partition coefficient (Wildman–Crippen LogP) is 3.82. The number of allylic oxidation sites excluding steroid dienone is 7. The van der Waals surface area contributed by atoms with Gasteiger partial charge in [-0.05, 0) is 38.2 Å². The zero-order valence-electron chi connectivity index (χ0n) is 15.5. The van der Waals surface area contributed by atoms with Crippen LogP contribution in [-0.4, -0.2) is 28.7 Å². The van der Waals surface area contributed by atoms with Gasteiger partial charge >= 0.3 is 0 Å². The Morgan fingerprint density at radius 1 is 1.00 bits per heavy atom. The van der Waals surface area contributed by atoms with Crippen molar-refractivity contribution in [1.29, 1.82) is 0 Å². The molecule has 0 aliphatic carbocycles. The summed E-state index contributed by atoms with van der Waals surface area (Å²) in [7, 11) is 0. The highest BCUT2D eigenvalue weighted by Gasteiger charge is 2.20. The van der Waals surface area contributed by atoms with Gasteiger partial charge < -0.3 is 9.90 Å². The van der Waals surface area contributed by atoms with Gasteiger partial charge in [0.25, 0.3) is 0 Å². The Morgan fingerprint density at radius 2 is 1.77 bits per heavy atom. The Hall–Kier alpha value is -1.73. The second kappa shape index (κ2) is 18.1. The van der Waals surface area contributed by atoms with Crippen LogP contribution in [0.3, 0.4) is 0 Å². The topological polar surface area (TPSA) is 99.1 Å². The maximum absolute atomic E-state index is 10.2. The van der Waals surface area contributed by atoms with Gasteiger partial charge in [-0.25, -0.2) is 9.78 Å². The van der Waals surface area contributed by atoms with Crippen LogP contribution in [0.25, 0.3) is 0 Å². The first-order valence-electron chi connectivity index (χ1n) is 9.11. The molecule has 0 unspecified atom stereocenters. The van der Waals surface area contributed by atoms with E-state index < -0.39 is 18.2 Å². The van der Waals surface area contributed by atoms with Crippen LogP contribution in [-0.2, 0) is 14.6 Å². The van der Waals surface area contributed by atoms with Crippen LogP contribution in [0, 0.1) is 0 Å². The molecule has 6 nitrogen and oxygen atoms in total. The van der Waals surface area contributed by atoms with Crippen LogP contribution < -0.4 is 5.11 Å². The van der Waals surface area contributed by atoms with Gasteiger partial charge in [0.05, 0.1) is 0 Å². The largest absolute Gasteiger partial charge is 0.550 e. The summed E-state index contributed by atoms with van der Waals surface area (Å²) in [5.74, 6) is -1.01. The van der Waals surface area contributed by atoms with E-state index in [0.717, 1.165) is 32.1 Å². The summed E-state index contributed by atoms with van der Waals surface area (Å²) in [6, 6.07) is 0. The number of carbonyl (C=O) groups is 1. The van der Waals surface area contributed by atoms with E-state index in [0.29, 0.717) is 12.8 Å². The van der Waals surface area contributed by atoms with Crippen molar-refractivity contribution in [3.05, 3.63) is 48.6 Å². The highest BCUT2D eigenvalue weighted by atomic mass is 17.1. The van der Waals surface area contributed by atoms with Crippen LogP contribution in [0.2, 0.25) is 0 Å². The van der Waals surface area contributed by atoms with Gasteiger partial charge in [-0.3, -0.25) is 10.5 Å². The molecule has 0 aromatic carbocycles. The molecule has 0 saturated heterocycles. The molecule has 0 heterocycles. The predicted molar refractivity (Wildman–Crippen MR) is 99.2 cm³/mol. The van der Waals surface area contributed by atoms with Gasteiger partial charge in [-0.1, -0.05) is 68.7 Å². The first-order valence-corrected chi connectivity index (χ1v) is 9.11. The summed E-state index contributed by atoms with van der Waals surface area (Å²) >= 11 is 0. The molecule has 0 bridgehead atoms. The summed E-state index contributed by atoms with van der Waals surface area (Å²) in [6.45, 7) is 2.08. The van der Waals surface area contributed by atoms with E-state index in [2.05, 4.69) is 16.7 Å². The van der Waals surface area contributed by atoms with E-state index in [1.165, 1.54) is 0 Å². The zero-order valence-corrected chi connectivity index (χ0v) is 15.5. The Labute approximate surface area is 156 Å². The van der Waals surface area contributed by atoms with Crippen LogP contribution in [0.5, 0.6) is 0 Å². The van der Waals surface area contributed by atoms with Crippen molar-refractivity contribution < 1.29 is 30.2 Å². The minimum absolute atomic E-state index is 0.0918. The van der Waals surface area contributed by atoms with E-state index in [9.17, 15) is 9.90 Å². The average Bonchev–Trinajstić information content (AvgIpc) is 2.63. The molecule has 0 spiro atoms. The quantitative estimate of drug-likeness (QED) is 0.141. The van der Waals surface area contributed by atoms with E-state index in [1.807, 2.05) is 30.4 Å². The maximum atomic E-state index is 10.2. The lowest BCUT2D eigenvalue weighted by atomic mass is 10.1. The van der Waals surface area contributed by atoms with Gasteiger partial charge in [0.1, 0.15) is 12.2 Å². The molecule has 0 saturated carbocycles. The number of hydrogen-bond donors (Lipinski definition) is 2. The Balaban J connectivity index is 4.07. The van der Waals surface area contributed by atoms with Crippen LogP contribution in [0.15, 0.2) is 48.6 Å². The summed E-state index contributed by atoms with van der Waals surface area (Å²) < 4.78 is 0. The Bertz CT molecular complexity index is 453. The normalized spacial score (nSPS) is 14.9. The summed E-state index contributed by atoms with van der Waals surface area (Å²) in [4.78, 5) is 19.0. The molecule has 26 heavy (non-hydrogen) atoms. The van der Waals surface area contributed by atoms with Crippen molar-refractivity contribution in [1.82, 2.24) is 0 Å². The number of carboxylic acid groups (broad SMARTS) is 1. The minimum atomic E-state index is -1.01. The molecule has 2 atom stereocenters. The summed E-state index contributed by atoms with van der Waals surface area (Å²) in [6.07, 6.45) is 19.1. The van der Waals surface area contributed by atoms with E-state index in [4.69, 9.17) is 10.5 Å². The fraction of sp³-hybridized carbons (Fsp3) is 0.550. The molecule has 0 amide bonds. The number of carboxylic acids is 1. The van der Waals surface area contributed by atoms with Crippen molar-refractivity contribution in [3.8, 4) is 0 Å². The molecular weight excluding hydrogens is 336 g/mol. The standard InChI is InChI=1S/C20H32O6/c1-2-3-12-15-18(25-23)19(26-24)16-13-10-8-6-4-5-7-9-11-14-17-20(21)22/h4,6-10,13,16,18-19,23-24H,2-3,5,11-12,14-15,17H2,1H3,(H,21,22)/p-1/b6-4-,9-7-,10-8+,16-13+/t18-,19+/m0/s1. The molecule has 0 aliphatic rings. The summed E-state index contributed by atoms with van der Waals surface area (Å²) in [5, 5.41) is 28.1. The third-order valence-electron chi connectivity index (χ3n) is 3.68. The number of aliphatic carboxylic acids is 1. The van der Waals surface area contributed by atoms with Crippen molar-refractivity contribution in [2.75, 3.05) is 0 Å². The second-order valence-electron chi connectivity index (χ2n) is 5.88. The zero-order chi connectivity index (χ0) is 19.5. The first-order chi connectivity index (χ1) is 12.7. The molecule has 0 aliphatic heterocycles. The van der Waals surface area contributed by atoms with Gasteiger partial charge in [0.2, 0.25) is 0 Å². The van der Waals surface area contributed by atoms with Crippen molar-refractivity contribution in [3.63, 3.8) is 0 Å². The Morgan fingerprint density at radius 3 is 2.42 bits per heavy atom. The highest BCUT2D eigenvalue weighted by molar-refractivity contribution is 5.64. The van der Waals surface area contributed by atoms with Gasteiger partial charge in [-0.15, -0.1) is 0 Å². The second-order valence-corrected chi connectivity index (χ2v) is 5.88. The van der Waals surface area contributed by atoms with Crippen molar-refractivity contribution >= 4 is 5.97 Å². The van der Waals surface area contributed by atoms with Crippen LogP contribution in [0.4, 0.5) is 0 Å². The molecule has 0 fully saturated rings. The molecule has 0 aromatic rings. The lowest BCUT2D eigenvalue weighted by Crippen LogP contribution is -2.28.